The van der Waals surface area contributed by atoms with Crippen LogP contribution in [0.4, 0.5) is 0 Å². The molecule has 4 nitrogen and oxygen atoms in total. The predicted molar refractivity (Wildman–Crippen MR) is 99.9 cm³/mol. The van der Waals surface area contributed by atoms with Gasteiger partial charge in [0.25, 0.3) is 5.91 Å². The minimum Gasteiger partial charge on any atom is -0.273 e. The molecule has 4 aliphatic carbocycles. The van der Waals surface area contributed by atoms with Gasteiger partial charge >= 0.3 is 0 Å². The van der Waals surface area contributed by atoms with Gasteiger partial charge in [0.05, 0.1) is 5.41 Å². The van der Waals surface area contributed by atoms with Crippen LogP contribution in [0.5, 0.6) is 0 Å². The number of carbonyl (C=O) groups is 2. The first kappa shape index (κ1) is 17.0. The first-order valence-corrected chi connectivity index (χ1v) is 10.7. The van der Waals surface area contributed by atoms with Gasteiger partial charge in [-0.2, -0.15) is 11.8 Å². The van der Waals surface area contributed by atoms with E-state index in [0.717, 1.165) is 48.3 Å². The van der Waals surface area contributed by atoms with E-state index >= 15 is 0 Å². The zero-order valence-corrected chi connectivity index (χ0v) is 15.5. The Kier molecular flexibility index (Phi) is 4.52. The molecule has 0 heterocycles. The Labute approximate surface area is 153 Å². The third kappa shape index (κ3) is 3.31. The molecule has 0 aliphatic heterocycles. The lowest BCUT2D eigenvalue weighted by molar-refractivity contribution is -0.147. The van der Waals surface area contributed by atoms with Crippen molar-refractivity contribution in [3.05, 3.63) is 35.4 Å². The Hall–Kier alpha value is -1.49. The second-order valence-electron chi connectivity index (χ2n) is 8.24. The van der Waals surface area contributed by atoms with Crippen molar-refractivity contribution in [3.8, 4) is 0 Å². The molecule has 0 unspecified atom stereocenters. The number of thioether (sulfide) groups is 1. The fourth-order valence-electron chi connectivity index (χ4n) is 5.68. The number of hydrogen-bond donors (Lipinski definition) is 2. The molecule has 1 aromatic carbocycles. The molecule has 0 aromatic heterocycles. The minimum absolute atomic E-state index is 0.0280. The maximum absolute atomic E-state index is 12.9. The number of hydrogen-bond acceptors (Lipinski definition) is 3. The molecule has 25 heavy (non-hydrogen) atoms. The number of benzene rings is 1. The maximum Gasteiger partial charge on any atom is 0.269 e. The molecule has 0 atom stereocenters. The number of hydrazine groups is 1. The highest BCUT2D eigenvalue weighted by molar-refractivity contribution is 7.97. The van der Waals surface area contributed by atoms with Gasteiger partial charge in [-0.15, -0.1) is 0 Å². The monoisotopic (exact) mass is 358 g/mol. The Bertz CT molecular complexity index is 653. The minimum atomic E-state index is -0.235. The summed E-state index contributed by atoms with van der Waals surface area (Å²) in [5.41, 5.74) is 6.87. The van der Waals surface area contributed by atoms with Crippen LogP contribution < -0.4 is 10.9 Å². The molecule has 4 fully saturated rings. The Balaban J connectivity index is 1.39. The number of amides is 2. The topological polar surface area (TPSA) is 58.2 Å². The van der Waals surface area contributed by atoms with Gasteiger partial charge in [0.15, 0.2) is 0 Å². The van der Waals surface area contributed by atoms with E-state index in [0.29, 0.717) is 5.56 Å². The van der Waals surface area contributed by atoms with E-state index in [2.05, 4.69) is 10.9 Å². The molecule has 4 aliphatic rings. The molecule has 5 rings (SSSR count). The number of nitrogens with one attached hydrogen (secondary N) is 2. The molecule has 4 saturated carbocycles. The first-order chi connectivity index (χ1) is 12.1. The van der Waals surface area contributed by atoms with E-state index in [9.17, 15) is 9.59 Å². The fourth-order valence-corrected chi connectivity index (χ4v) is 6.19. The van der Waals surface area contributed by atoms with E-state index in [-0.39, 0.29) is 17.2 Å². The van der Waals surface area contributed by atoms with E-state index in [1.807, 2.05) is 24.5 Å². The smallest absolute Gasteiger partial charge is 0.269 e. The maximum atomic E-state index is 12.9. The molecular weight excluding hydrogens is 332 g/mol. The fraction of sp³-hybridized carbons (Fsp3) is 0.600. The average molecular weight is 359 g/mol. The Morgan fingerprint density at radius 2 is 1.72 bits per heavy atom. The summed E-state index contributed by atoms with van der Waals surface area (Å²) in [4.78, 5) is 25.3. The lowest BCUT2D eigenvalue weighted by atomic mass is 9.49. The predicted octanol–water partition coefficient (Wildman–Crippen LogP) is 3.53. The second-order valence-corrected chi connectivity index (χ2v) is 9.11. The quantitative estimate of drug-likeness (QED) is 0.810. The van der Waals surface area contributed by atoms with Crippen LogP contribution in [-0.2, 0) is 10.5 Å². The van der Waals surface area contributed by atoms with Crippen molar-refractivity contribution in [1.29, 1.82) is 0 Å². The van der Waals surface area contributed by atoms with Crippen molar-refractivity contribution < 1.29 is 9.59 Å². The van der Waals surface area contributed by atoms with Crippen molar-refractivity contribution in [1.82, 2.24) is 10.9 Å². The van der Waals surface area contributed by atoms with E-state index in [4.69, 9.17) is 0 Å². The molecule has 5 heteroatoms. The third-order valence-electron chi connectivity index (χ3n) is 6.31. The van der Waals surface area contributed by atoms with Crippen molar-refractivity contribution >= 4 is 23.6 Å². The highest BCUT2D eigenvalue weighted by atomic mass is 32.2. The molecule has 4 bridgehead atoms. The highest BCUT2D eigenvalue weighted by Gasteiger charge is 2.54. The van der Waals surface area contributed by atoms with Crippen molar-refractivity contribution in [2.45, 2.75) is 44.3 Å². The lowest BCUT2D eigenvalue weighted by Gasteiger charge is -2.55. The normalized spacial score (nSPS) is 32.4. The van der Waals surface area contributed by atoms with Crippen LogP contribution in [0, 0.1) is 23.2 Å². The number of carbonyl (C=O) groups excluding carboxylic acids is 2. The zero-order chi connectivity index (χ0) is 17.4. The molecule has 0 saturated heterocycles. The molecule has 0 spiro atoms. The van der Waals surface area contributed by atoms with Gasteiger partial charge < -0.3 is 0 Å². The SMILES string of the molecule is CSCc1cccc(C(=O)NNC(=O)C23CC4CC(CC(C4)C2)C3)c1. The number of rotatable bonds is 4. The molecule has 1 aromatic rings. The van der Waals surface area contributed by atoms with E-state index in [1.165, 1.54) is 19.3 Å². The van der Waals surface area contributed by atoms with Crippen LogP contribution in [0.15, 0.2) is 24.3 Å². The second kappa shape index (κ2) is 6.67. The van der Waals surface area contributed by atoms with Crippen molar-refractivity contribution in [2.24, 2.45) is 23.2 Å². The summed E-state index contributed by atoms with van der Waals surface area (Å²) in [6.45, 7) is 0. The van der Waals surface area contributed by atoms with Crippen molar-refractivity contribution in [2.75, 3.05) is 6.26 Å². The summed E-state index contributed by atoms with van der Waals surface area (Å²) >= 11 is 1.72. The Morgan fingerprint density at radius 1 is 1.08 bits per heavy atom. The van der Waals surface area contributed by atoms with Gasteiger partial charge in [-0.3, -0.25) is 20.4 Å². The zero-order valence-electron chi connectivity index (χ0n) is 14.7. The van der Waals surface area contributed by atoms with E-state index < -0.39 is 0 Å². The van der Waals surface area contributed by atoms with Crippen molar-refractivity contribution in [3.63, 3.8) is 0 Å². The van der Waals surface area contributed by atoms with Crippen LogP contribution in [-0.4, -0.2) is 18.1 Å². The molecule has 2 amide bonds. The summed E-state index contributed by atoms with van der Waals surface area (Å²) in [5, 5.41) is 0. The molecule has 0 radical (unpaired) electrons. The summed E-state index contributed by atoms with van der Waals surface area (Å²) in [6, 6.07) is 7.58. The molecule has 134 valence electrons. The van der Waals surface area contributed by atoms with E-state index in [1.54, 1.807) is 17.8 Å². The van der Waals surface area contributed by atoms with Crippen LogP contribution >= 0.6 is 11.8 Å². The largest absolute Gasteiger partial charge is 0.273 e. The van der Waals surface area contributed by atoms with Gasteiger partial charge in [0, 0.05) is 11.3 Å². The Morgan fingerprint density at radius 3 is 2.32 bits per heavy atom. The highest BCUT2D eigenvalue weighted by Crippen LogP contribution is 2.60. The summed E-state index contributed by atoms with van der Waals surface area (Å²) in [5.74, 6) is 2.82. The average Bonchev–Trinajstić information content (AvgIpc) is 2.58. The first-order valence-electron chi connectivity index (χ1n) is 9.26. The van der Waals surface area contributed by atoms with Crippen LogP contribution in [0.25, 0.3) is 0 Å². The van der Waals surface area contributed by atoms with Gasteiger partial charge in [-0.05, 0) is 80.2 Å². The van der Waals surface area contributed by atoms with Gasteiger partial charge in [0.2, 0.25) is 5.91 Å². The lowest BCUT2D eigenvalue weighted by Crippen LogP contribution is -2.56. The summed E-state index contributed by atoms with van der Waals surface area (Å²) in [6.07, 6.45) is 8.97. The van der Waals surface area contributed by atoms with Gasteiger partial charge in [0.1, 0.15) is 0 Å². The van der Waals surface area contributed by atoms with Gasteiger partial charge in [-0.25, -0.2) is 0 Å². The standard InChI is InChI=1S/C20H26N2O2S/c1-25-12-13-3-2-4-17(8-13)18(23)21-22-19(24)20-9-14-5-15(10-20)7-16(6-14)11-20/h2-4,8,14-16H,5-7,9-12H2,1H3,(H,21,23)(H,22,24). The molecular formula is C20H26N2O2S. The van der Waals surface area contributed by atoms with Crippen LogP contribution in [0.2, 0.25) is 0 Å². The molecule has 2 N–H and O–H groups in total. The summed E-state index contributed by atoms with van der Waals surface area (Å²) < 4.78 is 0. The summed E-state index contributed by atoms with van der Waals surface area (Å²) in [7, 11) is 0. The van der Waals surface area contributed by atoms with Gasteiger partial charge in [-0.1, -0.05) is 12.1 Å². The van der Waals surface area contributed by atoms with Crippen LogP contribution in [0.1, 0.15) is 54.4 Å². The third-order valence-corrected chi connectivity index (χ3v) is 6.93. The van der Waals surface area contributed by atoms with Crippen LogP contribution in [0.3, 0.4) is 0 Å².